The monoisotopic (exact) mass is 447 g/mol. The van der Waals surface area contributed by atoms with Gasteiger partial charge in [0.15, 0.2) is 0 Å². The maximum atomic E-state index is 10.0. The van der Waals surface area contributed by atoms with Crippen LogP contribution in [0.1, 0.15) is 155 Å². The number of hydrogen-bond acceptors (Lipinski definition) is 3. The van der Waals surface area contributed by atoms with Gasteiger partial charge in [0, 0.05) is 0 Å². The lowest BCUT2D eigenvalue weighted by Gasteiger charge is -2.11. The zero-order valence-corrected chi connectivity index (χ0v) is 21.6. The molecule has 0 amide bonds. The minimum atomic E-state index is -3.09. The van der Waals surface area contributed by atoms with Crippen molar-refractivity contribution in [1.29, 1.82) is 0 Å². The molecule has 0 radical (unpaired) electrons. The first kappa shape index (κ1) is 30.3. The second kappa shape index (κ2) is 24.0. The summed E-state index contributed by atoms with van der Waals surface area (Å²) in [6.07, 6.45) is 29.0. The van der Waals surface area contributed by atoms with Crippen molar-refractivity contribution in [2.75, 3.05) is 12.8 Å². The molecule has 0 aliphatic carbocycles. The van der Waals surface area contributed by atoms with Crippen molar-refractivity contribution in [2.24, 2.45) is 0 Å². The fraction of sp³-hybridized carbons (Fsp3) is 1.00. The van der Waals surface area contributed by atoms with E-state index in [4.69, 9.17) is 4.52 Å². The molecule has 182 valence electrons. The SMILES string of the molecule is CCCCCCCCCCCCCCCCCC[P+](O)(O)OCCCCCCCC. The Kier molecular flexibility index (Phi) is 24.2. The van der Waals surface area contributed by atoms with Crippen LogP contribution in [-0.4, -0.2) is 22.6 Å². The third-order valence-corrected chi connectivity index (χ3v) is 7.59. The molecule has 0 bridgehead atoms. The van der Waals surface area contributed by atoms with E-state index in [1.165, 1.54) is 116 Å². The maximum Gasteiger partial charge on any atom is 0.406 e. The van der Waals surface area contributed by atoms with Crippen LogP contribution >= 0.6 is 7.94 Å². The molecule has 0 rings (SSSR count). The van der Waals surface area contributed by atoms with E-state index < -0.39 is 7.94 Å². The second-order valence-electron chi connectivity index (χ2n) is 9.29. The molecule has 0 saturated heterocycles. The smallest absolute Gasteiger partial charge is 0.193 e. The highest BCUT2D eigenvalue weighted by Crippen LogP contribution is 2.51. The van der Waals surface area contributed by atoms with Gasteiger partial charge < -0.3 is 0 Å². The van der Waals surface area contributed by atoms with Gasteiger partial charge in [0.05, 0.1) is 6.61 Å². The Morgan fingerprint density at radius 3 is 1.10 bits per heavy atom. The Balaban J connectivity index is 3.25. The summed E-state index contributed by atoms with van der Waals surface area (Å²) >= 11 is 0. The largest absolute Gasteiger partial charge is 0.406 e. The maximum absolute atomic E-state index is 10.0. The fourth-order valence-corrected chi connectivity index (χ4v) is 5.21. The molecule has 0 aromatic rings. The highest BCUT2D eigenvalue weighted by atomic mass is 31.2. The normalized spacial score (nSPS) is 12.0. The molecule has 0 aromatic carbocycles. The first-order chi connectivity index (χ1) is 14.6. The predicted octanol–water partition coefficient (Wildman–Crippen LogP) is 9.37. The van der Waals surface area contributed by atoms with Crippen molar-refractivity contribution in [1.82, 2.24) is 0 Å². The third kappa shape index (κ3) is 24.6. The molecular formula is C26H56O3P+. The topological polar surface area (TPSA) is 49.7 Å². The summed E-state index contributed by atoms with van der Waals surface area (Å²) in [6, 6.07) is 0. The van der Waals surface area contributed by atoms with Gasteiger partial charge in [-0.05, 0) is 19.3 Å². The Morgan fingerprint density at radius 1 is 0.433 bits per heavy atom. The summed E-state index contributed by atoms with van der Waals surface area (Å²) in [5.41, 5.74) is 0. The van der Waals surface area contributed by atoms with E-state index in [0.717, 1.165) is 25.7 Å². The van der Waals surface area contributed by atoms with E-state index in [2.05, 4.69) is 13.8 Å². The molecular weight excluding hydrogens is 391 g/mol. The molecule has 0 unspecified atom stereocenters. The number of unbranched alkanes of at least 4 members (excludes halogenated alkanes) is 20. The van der Waals surface area contributed by atoms with E-state index >= 15 is 0 Å². The van der Waals surface area contributed by atoms with Crippen LogP contribution in [0.15, 0.2) is 0 Å². The molecule has 0 heterocycles. The van der Waals surface area contributed by atoms with Gasteiger partial charge in [-0.1, -0.05) is 136 Å². The molecule has 0 fully saturated rings. The number of hydrogen-bond donors (Lipinski definition) is 2. The first-order valence-corrected chi connectivity index (χ1v) is 15.4. The summed E-state index contributed by atoms with van der Waals surface area (Å²) in [5.74, 6) is 0. The molecule has 30 heavy (non-hydrogen) atoms. The van der Waals surface area contributed by atoms with E-state index in [0.29, 0.717) is 12.8 Å². The van der Waals surface area contributed by atoms with Crippen molar-refractivity contribution in [2.45, 2.75) is 155 Å². The number of rotatable bonds is 25. The van der Waals surface area contributed by atoms with Crippen LogP contribution in [0, 0.1) is 0 Å². The van der Waals surface area contributed by atoms with Gasteiger partial charge in [-0.15, -0.1) is 0 Å². The van der Waals surface area contributed by atoms with Crippen molar-refractivity contribution < 1.29 is 14.3 Å². The summed E-state index contributed by atoms with van der Waals surface area (Å²) in [4.78, 5) is 20.0. The van der Waals surface area contributed by atoms with Gasteiger partial charge in [0.2, 0.25) is 0 Å². The first-order valence-electron chi connectivity index (χ1n) is 13.6. The van der Waals surface area contributed by atoms with Crippen molar-refractivity contribution in [3.8, 4) is 0 Å². The molecule has 4 heteroatoms. The molecule has 0 saturated carbocycles. The molecule has 2 N–H and O–H groups in total. The minimum Gasteiger partial charge on any atom is -0.193 e. The highest BCUT2D eigenvalue weighted by Gasteiger charge is 2.34. The van der Waals surface area contributed by atoms with Crippen molar-refractivity contribution in [3.05, 3.63) is 0 Å². The average Bonchev–Trinajstić information content (AvgIpc) is 2.72. The van der Waals surface area contributed by atoms with E-state index in [9.17, 15) is 9.79 Å². The van der Waals surface area contributed by atoms with Gasteiger partial charge in [-0.25, -0.2) is 0 Å². The summed E-state index contributed by atoms with van der Waals surface area (Å²) in [5, 5.41) is 0. The van der Waals surface area contributed by atoms with Crippen molar-refractivity contribution in [3.63, 3.8) is 0 Å². The third-order valence-electron chi connectivity index (χ3n) is 6.10. The lowest BCUT2D eigenvalue weighted by atomic mass is 10.0. The lowest BCUT2D eigenvalue weighted by Crippen LogP contribution is -2.03. The fourth-order valence-electron chi connectivity index (χ4n) is 4.02. The Bertz CT molecular complexity index is 323. The van der Waals surface area contributed by atoms with Gasteiger partial charge in [0.25, 0.3) is 0 Å². The van der Waals surface area contributed by atoms with Crippen LogP contribution in [0.2, 0.25) is 0 Å². The quantitative estimate of drug-likeness (QED) is 0.108. The van der Waals surface area contributed by atoms with E-state index in [1.54, 1.807) is 0 Å². The summed E-state index contributed by atoms with van der Waals surface area (Å²) in [7, 11) is -3.09. The van der Waals surface area contributed by atoms with Gasteiger partial charge in [-0.3, -0.25) is 0 Å². The molecule has 0 aliphatic heterocycles. The molecule has 0 aromatic heterocycles. The molecule has 0 spiro atoms. The Hall–Kier alpha value is 0.310. The van der Waals surface area contributed by atoms with E-state index in [1.807, 2.05) is 0 Å². The van der Waals surface area contributed by atoms with Gasteiger partial charge in [0.1, 0.15) is 6.16 Å². The standard InChI is InChI=1S/C26H56O3P/c1-3-5-7-9-11-12-13-14-15-16-17-18-19-20-22-24-26-30(27,28)29-25-23-21-10-8-6-4-2/h27-28H,3-26H2,1-2H3/q+1. The molecule has 3 nitrogen and oxygen atoms in total. The minimum absolute atomic E-state index is 0.446. The zero-order chi connectivity index (χ0) is 22.2. The van der Waals surface area contributed by atoms with Crippen LogP contribution in [0.25, 0.3) is 0 Å². The highest BCUT2D eigenvalue weighted by molar-refractivity contribution is 7.59. The van der Waals surface area contributed by atoms with Crippen LogP contribution < -0.4 is 0 Å². The predicted molar refractivity (Wildman–Crippen MR) is 135 cm³/mol. The Labute approximate surface area is 190 Å². The van der Waals surface area contributed by atoms with Crippen LogP contribution in [0.4, 0.5) is 0 Å². The van der Waals surface area contributed by atoms with Crippen LogP contribution in [-0.2, 0) is 4.52 Å². The van der Waals surface area contributed by atoms with Crippen LogP contribution in [0.5, 0.6) is 0 Å². The molecule has 0 atom stereocenters. The molecule has 0 aliphatic rings. The second-order valence-corrected chi connectivity index (χ2v) is 11.3. The average molecular weight is 448 g/mol. The van der Waals surface area contributed by atoms with Crippen molar-refractivity contribution >= 4 is 7.94 Å². The lowest BCUT2D eigenvalue weighted by molar-refractivity contribution is 0.222. The summed E-state index contributed by atoms with van der Waals surface area (Å²) < 4.78 is 5.38. The van der Waals surface area contributed by atoms with E-state index in [-0.39, 0.29) is 0 Å². The zero-order valence-electron chi connectivity index (χ0n) is 20.7. The van der Waals surface area contributed by atoms with Gasteiger partial charge >= 0.3 is 7.94 Å². The summed E-state index contributed by atoms with van der Waals surface area (Å²) in [6.45, 7) is 5.01. The Morgan fingerprint density at radius 2 is 0.733 bits per heavy atom. The van der Waals surface area contributed by atoms with Crippen LogP contribution in [0.3, 0.4) is 0 Å². The van der Waals surface area contributed by atoms with Gasteiger partial charge in [-0.2, -0.15) is 14.3 Å².